The number of carbonyl (C=O) groups excluding carboxylic acids is 2. The van der Waals surface area contributed by atoms with Crippen molar-refractivity contribution < 1.29 is 24.0 Å². The van der Waals surface area contributed by atoms with E-state index in [2.05, 4.69) is 10.1 Å². The van der Waals surface area contributed by atoms with Gasteiger partial charge in [0, 0.05) is 29.6 Å². The van der Waals surface area contributed by atoms with Crippen LogP contribution in [0.3, 0.4) is 0 Å². The number of ether oxygens (including phenoxy) is 2. The van der Waals surface area contributed by atoms with Crippen molar-refractivity contribution in [3.8, 4) is 11.5 Å². The van der Waals surface area contributed by atoms with Crippen LogP contribution in [0.25, 0.3) is 0 Å². The zero-order valence-electron chi connectivity index (χ0n) is 15.1. The summed E-state index contributed by atoms with van der Waals surface area (Å²) in [6.45, 7) is 0.436. The van der Waals surface area contributed by atoms with Crippen LogP contribution in [0.2, 0.25) is 5.02 Å². The molecule has 0 aliphatic carbocycles. The fourth-order valence-electron chi connectivity index (χ4n) is 2.32. The summed E-state index contributed by atoms with van der Waals surface area (Å²) >= 11 is 5.78. The van der Waals surface area contributed by atoms with Crippen LogP contribution in [0.15, 0.2) is 42.5 Å². The highest BCUT2D eigenvalue weighted by Crippen LogP contribution is 2.33. The van der Waals surface area contributed by atoms with Crippen molar-refractivity contribution >= 4 is 29.2 Å². The van der Waals surface area contributed by atoms with Gasteiger partial charge in [-0.2, -0.15) is 0 Å². The first-order chi connectivity index (χ1) is 13.4. The maximum absolute atomic E-state index is 12.1. The lowest BCUT2D eigenvalue weighted by atomic mass is 10.2. The number of nitrogens with one attached hydrogen (secondary N) is 1. The Bertz CT molecular complexity index is 854. The lowest BCUT2D eigenvalue weighted by Gasteiger charge is -2.08. The number of hydrogen-bond acceptors (Lipinski definition) is 6. The molecule has 2 aromatic rings. The van der Waals surface area contributed by atoms with E-state index in [1.54, 1.807) is 24.3 Å². The number of esters is 1. The van der Waals surface area contributed by atoms with Crippen LogP contribution in [-0.2, 0) is 9.53 Å². The topological polar surface area (TPSA) is 108 Å². The van der Waals surface area contributed by atoms with E-state index in [1.165, 1.54) is 25.3 Å². The molecule has 0 aromatic heterocycles. The van der Waals surface area contributed by atoms with Crippen LogP contribution < -0.4 is 10.1 Å². The molecule has 28 heavy (non-hydrogen) atoms. The predicted octanol–water partition coefficient (Wildman–Crippen LogP) is 4.11. The minimum Gasteiger partial charge on any atom is -0.469 e. The number of hydrogen-bond donors (Lipinski definition) is 1. The fraction of sp³-hybridized carbons (Fsp3) is 0.263. The highest BCUT2D eigenvalue weighted by molar-refractivity contribution is 6.30. The molecule has 0 aliphatic heterocycles. The van der Waals surface area contributed by atoms with E-state index in [0.717, 1.165) is 0 Å². The average Bonchev–Trinajstić information content (AvgIpc) is 2.69. The molecule has 1 N–H and O–H groups in total. The minimum atomic E-state index is -0.580. The van der Waals surface area contributed by atoms with E-state index in [9.17, 15) is 19.7 Å². The first-order valence-electron chi connectivity index (χ1n) is 8.47. The van der Waals surface area contributed by atoms with Crippen molar-refractivity contribution in [2.24, 2.45) is 0 Å². The molecule has 0 saturated heterocycles. The maximum Gasteiger partial charge on any atom is 0.313 e. The van der Waals surface area contributed by atoms with E-state index >= 15 is 0 Å². The Hall–Kier alpha value is -3.13. The molecule has 0 saturated carbocycles. The van der Waals surface area contributed by atoms with Gasteiger partial charge in [0.15, 0.2) is 0 Å². The Morgan fingerprint density at radius 1 is 1.14 bits per heavy atom. The molecule has 0 fully saturated rings. The van der Waals surface area contributed by atoms with Gasteiger partial charge in [0.05, 0.1) is 12.0 Å². The smallest absolute Gasteiger partial charge is 0.313 e. The molecule has 0 unspecified atom stereocenters. The molecule has 2 rings (SSSR count). The van der Waals surface area contributed by atoms with E-state index in [-0.39, 0.29) is 28.3 Å². The highest BCUT2D eigenvalue weighted by Gasteiger charge is 2.16. The van der Waals surface area contributed by atoms with Crippen molar-refractivity contribution in [1.29, 1.82) is 0 Å². The predicted molar refractivity (Wildman–Crippen MR) is 103 cm³/mol. The number of benzene rings is 2. The molecule has 0 spiro atoms. The van der Waals surface area contributed by atoms with Gasteiger partial charge in [-0.1, -0.05) is 11.6 Å². The third-order valence-corrected chi connectivity index (χ3v) is 4.02. The molecule has 0 radical (unpaired) electrons. The molecular formula is C19H19ClN2O6. The molecule has 0 atom stereocenters. The lowest BCUT2D eigenvalue weighted by Crippen LogP contribution is -2.24. The number of nitro groups is 1. The molecule has 0 heterocycles. The Morgan fingerprint density at radius 3 is 2.50 bits per heavy atom. The third kappa shape index (κ3) is 6.24. The van der Waals surface area contributed by atoms with Gasteiger partial charge in [-0.15, -0.1) is 0 Å². The fourth-order valence-corrected chi connectivity index (χ4v) is 2.49. The van der Waals surface area contributed by atoms with Gasteiger partial charge in [-0.05, 0) is 49.2 Å². The number of rotatable bonds is 9. The van der Waals surface area contributed by atoms with Crippen molar-refractivity contribution in [2.45, 2.75) is 19.3 Å². The number of nitro benzene ring substituents is 1. The van der Waals surface area contributed by atoms with Crippen LogP contribution in [-0.4, -0.2) is 30.5 Å². The Morgan fingerprint density at radius 2 is 1.86 bits per heavy atom. The van der Waals surface area contributed by atoms with Gasteiger partial charge in [0.2, 0.25) is 5.75 Å². The lowest BCUT2D eigenvalue weighted by molar-refractivity contribution is -0.385. The molecule has 148 valence electrons. The third-order valence-electron chi connectivity index (χ3n) is 3.78. The van der Waals surface area contributed by atoms with Crippen LogP contribution >= 0.6 is 11.6 Å². The summed E-state index contributed by atoms with van der Waals surface area (Å²) in [5.74, 6) is -0.137. The summed E-state index contributed by atoms with van der Waals surface area (Å²) in [6.07, 6.45) is 1.59. The van der Waals surface area contributed by atoms with Crippen molar-refractivity contribution in [1.82, 2.24) is 5.32 Å². The van der Waals surface area contributed by atoms with Crippen molar-refractivity contribution in [3.63, 3.8) is 0 Å². The number of unbranched alkanes of at least 4 members (excludes halogenated alkanes) is 1. The maximum atomic E-state index is 12.1. The first kappa shape index (κ1) is 21.2. The number of carbonyl (C=O) groups is 2. The number of amides is 1. The minimum absolute atomic E-state index is 0.0530. The summed E-state index contributed by atoms with van der Waals surface area (Å²) in [5, 5.41) is 14.1. The molecule has 8 nitrogen and oxygen atoms in total. The van der Waals surface area contributed by atoms with Crippen LogP contribution in [0.4, 0.5) is 5.69 Å². The van der Waals surface area contributed by atoms with Gasteiger partial charge in [-0.3, -0.25) is 19.7 Å². The SMILES string of the molecule is COC(=O)CCCCNC(=O)c1ccc(Oc2ccc(Cl)cc2[N+](=O)[O-])cc1. The number of halogens is 1. The molecule has 0 bridgehead atoms. The Kier molecular flexibility index (Phi) is 7.76. The van der Waals surface area contributed by atoms with Gasteiger partial charge < -0.3 is 14.8 Å². The van der Waals surface area contributed by atoms with Crippen molar-refractivity contribution in [2.75, 3.05) is 13.7 Å². The quantitative estimate of drug-likeness (QED) is 0.290. The Labute approximate surface area is 166 Å². The summed E-state index contributed by atoms with van der Waals surface area (Å²) in [4.78, 5) is 33.6. The number of methoxy groups -OCH3 is 1. The van der Waals surface area contributed by atoms with Crippen LogP contribution in [0, 0.1) is 10.1 Å². The van der Waals surface area contributed by atoms with E-state index in [4.69, 9.17) is 16.3 Å². The van der Waals surface area contributed by atoms with Crippen LogP contribution in [0.5, 0.6) is 11.5 Å². The van der Waals surface area contributed by atoms with Gasteiger partial charge in [-0.25, -0.2) is 0 Å². The molecule has 0 aliphatic rings. The Balaban J connectivity index is 1.90. The monoisotopic (exact) mass is 406 g/mol. The van der Waals surface area contributed by atoms with E-state index < -0.39 is 4.92 Å². The summed E-state index contributed by atoms with van der Waals surface area (Å²) < 4.78 is 10.1. The largest absolute Gasteiger partial charge is 0.469 e. The zero-order chi connectivity index (χ0) is 20.5. The van der Waals surface area contributed by atoms with E-state index in [0.29, 0.717) is 37.1 Å². The van der Waals surface area contributed by atoms with Crippen LogP contribution in [0.1, 0.15) is 29.6 Å². The second kappa shape index (κ2) is 10.3. The first-order valence-corrected chi connectivity index (χ1v) is 8.85. The average molecular weight is 407 g/mol. The summed E-state index contributed by atoms with van der Waals surface area (Å²) in [6, 6.07) is 10.3. The van der Waals surface area contributed by atoms with Gasteiger partial charge in [0.1, 0.15) is 5.75 Å². The second-order valence-electron chi connectivity index (χ2n) is 5.78. The molecular weight excluding hydrogens is 388 g/mol. The molecule has 1 amide bonds. The normalized spacial score (nSPS) is 10.2. The number of nitrogens with zero attached hydrogens (tertiary/aromatic N) is 1. The highest BCUT2D eigenvalue weighted by atomic mass is 35.5. The summed E-state index contributed by atoms with van der Waals surface area (Å²) in [5.41, 5.74) is 0.173. The van der Waals surface area contributed by atoms with Crippen molar-refractivity contribution in [3.05, 3.63) is 63.2 Å². The van der Waals surface area contributed by atoms with E-state index in [1.807, 2.05) is 0 Å². The molecule has 9 heteroatoms. The standard InChI is InChI=1S/C19H19ClN2O6/c1-27-18(23)4-2-3-11-21-19(24)13-5-8-15(9-6-13)28-17-10-7-14(20)12-16(17)22(25)26/h5-10,12H,2-4,11H2,1H3,(H,21,24). The van der Waals surface area contributed by atoms with Gasteiger partial charge >= 0.3 is 11.7 Å². The zero-order valence-corrected chi connectivity index (χ0v) is 15.9. The molecule has 2 aromatic carbocycles. The summed E-state index contributed by atoms with van der Waals surface area (Å²) in [7, 11) is 1.34. The second-order valence-corrected chi connectivity index (χ2v) is 6.22. The van der Waals surface area contributed by atoms with Gasteiger partial charge in [0.25, 0.3) is 5.91 Å².